The molecule has 1 radical (unpaired) electrons. The van der Waals surface area contributed by atoms with E-state index in [-0.39, 0.29) is 24.5 Å². The van der Waals surface area contributed by atoms with E-state index in [1.54, 1.807) is 0 Å². The largest absolute Gasteiger partial charge is 0.396 e. The Bertz CT molecular complexity index is 392. The van der Waals surface area contributed by atoms with E-state index < -0.39 is 0 Å². The van der Waals surface area contributed by atoms with E-state index in [1.807, 2.05) is 6.92 Å². The monoisotopic (exact) mass is 420 g/mol. The van der Waals surface area contributed by atoms with Gasteiger partial charge in [-0.3, -0.25) is 9.59 Å². The van der Waals surface area contributed by atoms with Crippen molar-refractivity contribution in [3.05, 3.63) is 0 Å². The minimum atomic E-state index is -0.257. The maximum absolute atomic E-state index is 11.2. The Hall–Kier alpha value is -0.356. The van der Waals surface area contributed by atoms with Crippen molar-refractivity contribution < 1.29 is 38.0 Å². The molecular formula is C21H39NO4V. The number of carbonyl (C=O) groups is 2. The number of hydrogen-bond donors (Lipinski definition) is 2. The molecule has 2 saturated carbocycles. The topological polar surface area (TPSA) is 89.6 Å². The summed E-state index contributed by atoms with van der Waals surface area (Å²) < 4.78 is 5.52. The van der Waals surface area contributed by atoms with Gasteiger partial charge in [-0.15, -0.1) is 0 Å². The molecule has 0 spiro atoms. The zero-order valence-electron chi connectivity index (χ0n) is 17.0. The van der Waals surface area contributed by atoms with Crippen molar-refractivity contribution in [3.63, 3.8) is 0 Å². The van der Waals surface area contributed by atoms with Gasteiger partial charge in [-0.2, -0.15) is 0 Å². The number of aliphatic hydroxyl groups excluding tert-OH is 1. The van der Waals surface area contributed by atoms with Crippen molar-refractivity contribution in [1.29, 1.82) is 0 Å². The van der Waals surface area contributed by atoms with Crippen molar-refractivity contribution in [3.8, 4) is 0 Å². The number of nitrogens with two attached hydrogens (primary N) is 1. The van der Waals surface area contributed by atoms with Crippen molar-refractivity contribution in [2.45, 2.75) is 84.0 Å². The van der Waals surface area contributed by atoms with Gasteiger partial charge in [0.05, 0.1) is 0 Å². The zero-order valence-corrected chi connectivity index (χ0v) is 18.4. The molecule has 27 heavy (non-hydrogen) atoms. The van der Waals surface area contributed by atoms with Crippen LogP contribution in [0.25, 0.3) is 0 Å². The Kier molecular flexibility index (Phi) is 16.4. The van der Waals surface area contributed by atoms with Gasteiger partial charge in [0.15, 0.2) is 0 Å². The maximum atomic E-state index is 11.2. The normalized spacial score (nSPS) is 22.9. The van der Waals surface area contributed by atoms with E-state index in [1.165, 1.54) is 19.3 Å². The summed E-state index contributed by atoms with van der Waals surface area (Å²) in [6.07, 6.45) is 12.6. The van der Waals surface area contributed by atoms with Crippen LogP contribution in [0.1, 0.15) is 84.0 Å². The Labute approximate surface area is 177 Å². The van der Waals surface area contributed by atoms with Gasteiger partial charge in [0.1, 0.15) is 5.78 Å². The average molecular weight is 420 g/mol. The molecule has 0 unspecified atom stereocenters. The number of aliphatic hydroxyl groups is 1. The standard InChI is InChI=1S/C12H23NO3.C9H16O.V/c13-12(15)2-1-7-16-9-11-5-3-10(8-14)4-6-11;1-2-9(10)8-6-4-3-5-7-8;/h10-11,14H,1-9H2,(H2,13,15);8H,2-7H2,1H3;. The third-order valence-electron chi connectivity index (χ3n) is 5.70. The van der Waals surface area contributed by atoms with Crippen molar-refractivity contribution in [2.75, 3.05) is 19.8 Å². The van der Waals surface area contributed by atoms with E-state index in [2.05, 4.69) is 0 Å². The predicted octanol–water partition coefficient (Wildman–Crippen LogP) is 3.61. The fraction of sp³-hybridized carbons (Fsp3) is 0.905. The van der Waals surface area contributed by atoms with Gasteiger partial charge in [-0.05, 0) is 56.8 Å². The van der Waals surface area contributed by atoms with Crippen LogP contribution >= 0.6 is 0 Å². The number of rotatable bonds is 9. The first-order valence-corrected chi connectivity index (χ1v) is 10.6. The van der Waals surface area contributed by atoms with Crippen LogP contribution in [0, 0.1) is 17.8 Å². The summed E-state index contributed by atoms with van der Waals surface area (Å²) in [5, 5.41) is 9.00. The van der Waals surface area contributed by atoms with Crippen LogP contribution in [-0.2, 0) is 32.9 Å². The van der Waals surface area contributed by atoms with Gasteiger partial charge in [0, 0.05) is 57.1 Å². The van der Waals surface area contributed by atoms with Crippen LogP contribution in [0.5, 0.6) is 0 Å². The number of Topliss-reactive ketones (excluding diaryl/α,β-unsaturated/α-hetero) is 1. The molecule has 0 saturated heterocycles. The fourth-order valence-corrected chi connectivity index (χ4v) is 3.89. The number of carbonyl (C=O) groups excluding carboxylic acids is 2. The summed E-state index contributed by atoms with van der Waals surface area (Å²) in [4.78, 5) is 21.6. The molecule has 2 rings (SSSR count). The third kappa shape index (κ3) is 12.7. The second-order valence-electron chi connectivity index (χ2n) is 7.87. The quantitative estimate of drug-likeness (QED) is 0.558. The molecule has 3 N–H and O–H groups in total. The van der Waals surface area contributed by atoms with Crippen LogP contribution in [0.4, 0.5) is 0 Å². The van der Waals surface area contributed by atoms with Crippen molar-refractivity contribution >= 4 is 11.7 Å². The molecule has 0 bridgehead atoms. The van der Waals surface area contributed by atoms with E-state index in [4.69, 9.17) is 15.6 Å². The molecule has 0 heterocycles. The van der Waals surface area contributed by atoms with Crippen LogP contribution in [0.3, 0.4) is 0 Å². The van der Waals surface area contributed by atoms with Crippen molar-refractivity contribution in [1.82, 2.24) is 0 Å². The molecule has 0 aromatic rings. The predicted molar refractivity (Wildman–Crippen MR) is 104 cm³/mol. The second kappa shape index (κ2) is 16.6. The molecule has 6 heteroatoms. The van der Waals surface area contributed by atoms with Crippen LogP contribution in [-0.4, -0.2) is 36.6 Å². The molecular weight excluding hydrogens is 381 g/mol. The summed E-state index contributed by atoms with van der Waals surface area (Å²) in [5.74, 6) is 1.80. The van der Waals surface area contributed by atoms with Gasteiger partial charge in [-0.1, -0.05) is 26.2 Å². The molecule has 0 aromatic carbocycles. The minimum absolute atomic E-state index is 0. The summed E-state index contributed by atoms with van der Waals surface area (Å²) >= 11 is 0. The first kappa shape index (κ1) is 26.6. The smallest absolute Gasteiger partial charge is 0.217 e. The first-order valence-electron chi connectivity index (χ1n) is 10.6. The summed E-state index contributed by atoms with van der Waals surface area (Å²) in [5.41, 5.74) is 5.03. The van der Waals surface area contributed by atoms with Crippen LogP contribution in [0.15, 0.2) is 0 Å². The molecule has 1 amide bonds. The number of primary amides is 1. The minimum Gasteiger partial charge on any atom is -0.396 e. The Morgan fingerprint density at radius 3 is 2.11 bits per heavy atom. The van der Waals surface area contributed by atoms with E-state index >= 15 is 0 Å². The number of hydrogen-bond acceptors (Lipinski definition) is 4. The first-order chi connectivity index (χ1) is 12.6. The molecule has 2 aliphatic carbocycles. The SMILES string of the molecule is CCC(=O)C1CCCCC1.NC(=O)CCCOCC1CCC(CO)CC1.[V]. The fourth-order valence-electron chi connectivity index (χ4n) is 3.89. The van der Waals surface area contributed by atoms with Gasteiger partial charge < -0.3 is 15.6 Å². The van der Waals surface area contributed by atoms with Gasteiger partial charge in [0.25, 0.3) is 0 Å². The number of amides is 1. The van der Waals surface area contributed by atoms with Crippen molar-refractivity contribution in [2.24, 2.45) is 23.5 Å². The van der Waals surface area contributed by atoms with Crippen LogP contribution < -0.4 is 5.73 Å². The maximum Gasteiger partial charge on any atom is 0.217 e. The Morgan fingerprint density at radius 1 is 1.00 bits per heavy atom. The molecule has 0 aliphatic heterocycles. The molecule has 5 nitrogen and oxygen atoms in total. The number of ketones is 1. The second-order valence-corrected chi connectivity index (χ2v) is 7.87. The third-order valence-corrected chi connectivity index (χ3v) is 5.70. The molecule has 157 valence electrons. The summed E-state index contributed by atoms with van der Waals surface area (Å²) in [6.45, 7) is 3.71. The molecule has 0 atom stereocenters. The Balaban J connectivity index is 0.000000531. The summed E-state index contributed by atoms with van der Waals surface area (Å²) in [7, 11) is 0. The van der Waals surface area contributed by atoms with Gasteiger partial charge in [-0.25, -0.2) is 0 Å². The zero-order chi connectivity index (χ0) is 19.2. The van der Waals surface area contributed by atoms with E-state index in [0.717, 1.165) is 58.0 Å². The number of ether oxygens (including phenoxy) is 1. The average Bonchev–Trinajstić information content (AvgIpc) is 2.68. The summed E-state index contributed by atoms with van der Waals surface area (Å²) in [6, 6.07) is 0. The molecule has 2 fully saturated rings. The van der Waals surface area contributed by atoms with Gasteiger partial charge >= 0.3 is 0 Å². The Morgan fingerprint density at radius 2 is 1.59 bits per heavy atom. The van der Waals surface area contributed by atoms with E-state index in [0.29, 0.717) is 43.2 Å². The molecule has 0 aromatic heterocycles. The van der Waals surface area contributed by atoms with Crippen LogP contribution in [0.2, 0.25) is 0 Å². The van der Waals surface area contributed by atoms with E-state index in [9.17, 15) is 9.59 Å². The van der Waals surface area contributed by atoms with Gasteiger partial charge in [0.2, 0.25) is 5.91 Å². The molecule has 2 aliphatic rings.